The van der Waals surface area contributed by atoms with Gasteiger partial charge in [0.25, 0.3) is 0 Å². The van der Waals surface area contributed by atoms with Gasteiger partial charge in [-0.15, -0.1) is 0 Å². The lowest BCUT2D eigenvalue weighted by Gasteiger charge is -2.40. The van der Waals surface area contributed by atoms with Crippen molar-refractivity contribution in [2.24, 2.45) is 0 Å². The zero-order chi connectivity index (χ0) is 15.4. The van der Waals surface area contributed by atoms with Crippen molar-refractivity contribution in [1.29, 1.82) is 5.26 Å². The summed E-state index contributed by atoms with van der Waals surface area (Å²) >= 11 is 0. The van der Waals surface area contributed by atoms with Crippen LogP contribution in [0.2, 0.25) is 0 Å². The van der Waals surface area contributed by atoms with E-state index in [9.17, 15) is 5.26 Å². The summed E-state index contributed by atoms with van der Waals surface area (Å²) in [7, 11) is 2.15. The third kappa shape index (κ3) is 3.96. The molecular weight excluding hydrogens is 260 g/mol. The molecule has 1 fully saturated rings. The number of hydrogen-bond acceptors (Lipinski definition) is 4. The van der Waals surface area contributed by atoms with Crippen molar-refractivity contribution in [3.63, 3.8) is 0 Å². The highest BCUT2D eigenvalue weighted by Gasteiger charge is 2.23. The molecule has 0 aromatic heterocycles. The van der Waals surface area contributed by atoms with Crippen LogP contribution >= 0.6 is 0 Å². The monoisotopic (exact) mass is 286 g/mol. The van der Waals surface area contributed by atoms with E-state index in [1.54, 1.807) is 0 Å². The molecule has 1 heterocycles. The van der Waals surface area contributed by atoms with E-state index in [2.05, 4.69) is 61.1 Å². The number of piperazine rings is 1. The fraction of sp³-hybridized carbons (Fsp3) is 0.588. The summed E-state index contributed by atoms with van der Waals surface area (Å²) in [6.45, 7) is 10.4. The van der Waals surface area contributed by atoms with Crippen molar-refractivity contribution in [2.75, 3.05) is 31.6 Å². The Balaban J connectivity index is 2.18. The average Bonchev–Trinajstić information content (AvgIpc) is 2.45. The second-order valence-electron chi connectivity index (χ2n) is 6.30. The van der Waals surface area contributed by atoms with Crippen LogP contribution < -0.4 is 10.2 Å². The first-order valence-electron chi connectivity index (χ1n) is 7.73. The molecule has 1 aromatic rings. The van der Waals surface area contributed by atoms with Crippen LogP contribution in [0.3, 0.4) is 0 Å². The van der Waals surface area contributed by atoms with Crippen molar-refractivity contribution in [1.82, 2.24) is 10.2 Å². The maximum absolute atomic E-state index is 9.48. The average molecular weight is 286 g/mol. The van der Waals surface area contributed by atoms with Gasteiger partial charge in [-0.25, -0.2) is 0 Å². The molecule has 1 aliphatic heterocycles. The third-order valence-electron chi connectivity index (χ3n) is 4.04. The molecule has 114 valence electrons. The zero-order valence-corrected chi connectivity index (χ0v) is 13.6. The summed E-state index contributed by atoms with van der Waals surface area (Å²) in [6.07, 6.45) is 0. The SMILES string of the molecule is CC(C)NCc1ccc(N2CCN(C)CC2C)c(C#N)c1. The number of rotatable bonds is 4. The molecular formula is C17H26N4. The Bertz CT molecular complexity index is 518. The summed E-state index contributed by atoms with van der Waals surface area (Å²) in [4.78, 5) is 4.70. The largest absolute Gasteiger partial charge is 0.365 e. The molecule has 1 aliphatic rings. The summed E-state index contributed by atoms with van der Waals surface area (Å²) in [5.74, 6) is 0. The van der Waals surface area contributed by atoms with Crippen molar-refractivity contribution >= 4 is 5.69 Å². The fourth-order valence-electron chi connectivity index (χ4n) is 2.85. The first-order valence-corrected chi connectivity index (χ1v) is 7.73. The van der Waals surface area contributed by atoms with Crippen LogP contribution in [0.1, 0.15) is 31.9 Å². The van der Waals surface area contributed by atoms with Gasteiger partial charge in [0.2, 0.25) is 0 Å². The normalized spacial score (nSPS) is 19.8. The van der Waals surface area contributed by atoms with Gasteiger partial charge in [-0.05, 0) is 31.7 Å². The van der Waals surface area contributed by atoms with Gasteiger partial charge in [0, 0.05) is 38.3 Å². The van der Waals surface area contributed by atoms with E-state index in [0.717, 1.165) is 37.4 Å². The van der Waals surface area contributed by atoms with Gasteiger partial charge in [-0.3, -0.25) is 0 Å². The highest BCUT2D eigenvalue weighted by molar-refractivity contribution is 5.61. The molecule has 1 atom stereocenters. The number of nitrogens with zero attached hydrogens (tertiary/aromatic N) is 3. The number of benzene rings is 1. The van der Waals surface area contributed by atoms with E-state index in [1.807, 2.05) is 6.07 Å². The maximum Gasteiger partial charge on any atom is 0.101 e. The molecule has 0 aliphatic carbocycles. The Labute approximate surface area is 128 Å². The number of nitriles is 1. The van der Waals surface area contributed by atoms with Crippen molar-refractivity contribution in [3.8, 4) is 6.07 Å². The number of anilines is 1. The summed E-state index contributed by atoms with van der Waals surface area (Å²) in [6, 6.07) is 9.53. The van der Waals surface area contributed by atoms with E-state index >= 15 is 0 Å². The van der Waals surface area contributed by atoms with Crippen molar-refractivity contribution in [2.45, 2.75) is 39.4 Å². The molecule has 0 radical (unpaired) electrons. The van der Waals surface area contributed by atoms with Crippen LogP contribution in [0.25, 0.3) is 0 Å². The highest BCUT2D eigenvalue weighted by Crippen LogP contribution is 2.25. The minimum absolute atomic E-state index is 0.440. The minimum Gasteiger partial charge on any atom is -0.365 e. The molecule has 4 heteroatoms. The quantitative estimate of drug-likeness (QED) is 0.921. The molecule has 4 nitrogen and oxygen atoms in total. The van der Waals surface area contributed by atoms with E-state index < -0.39 is 0 Å². The highest BCUT2D eigenvalue weighted by atomic mass is 15.3. The number of likely N-dealkylation sites (N-methyl/N-ethyl adjacent to an activating group) is 1. The molecule has 21 heavy (non-hydrogen) atoms. The van der Waals surface area contributed by atoms with Crippen molar-refractivity contribution in [3.05, 3.63) is 29.3 Å². The van der Waals surface area contributed by atoms with Crippen LogP contribution in [0, 0.1) is 11.3 Å². The molecule has 1 saturated heterocycles. The van der Waals surface area contributed by atoms with Crippen LogP contribution in [0.4, 0.5) is 5.69 Å². The van der Waals surface area contributed by atoms with E-state index in [0.29, 0.717) is 12.1 Å². The Morgan fingerprint density at radius 2 is 2.14 bits per heavy atom. The molecule has 1 N–H and O–H groups in total. The standard InChI is InChI=1S/C17H26N4/c1-13(2)19-11-15-5-6-17(16(9-15)10-18)21-8-7-20(4)12-14(21)3/h5-6,9,13-14,19H,7-8,11-12H2,1-4H3. The predicted molar refractivity (Wildman–Crippen MR) is 87.4 cm³/mol. The fourth-order valence-corrected chi connectivity index (χ4v) is 2.85. The molecule has 0 amide bonds. The first kappa shape index (κ1) is 15.8. The summed E-state index contributed by atoms with van der Waals surface area (Å²) < 4.78 is 0. The Hall–Kier alpha value is -1.57. The Kier molecular flexibility index (Phi) is 5.22. The van der Waals surface area contributed by atoms with Gasteiger partial charge in [0.15, 0.2) is 0 Å². The third-order valence-corrected chi connectivity index (χ3v) is 4.04. The smallest absolute Gasteiger partial charge is 0.101 e. The first-order chi connectivity index (χ1) is 10.0. The number of hydrogen-bond donors (Lipinski definition) is 1. The van der Waals surface area contributed by atoms with Gasteiger partial charge >= 0.3 is 0 Å². The summed E-state index contributed by atoms with van der Waals surface area (Å²) in [5.41, 5.74) is 3.03. The molecule has 0 spiro atoms. The van der Waals surface area contributed by atoms with Gasteiger partial charge in [0.1, 0.15) is 6.07 Å². The van der Waals surface area contributed by atoms with Crippen LogP contribution in [0.15, 0.2) is 18.2 Å². The lowest BCUT2D eigenvalue weighted by Crippen LogP contribution is -2.50. The Morgan fingerprint density at radius 1 is 1.38 bits per heavy atom. The zero-order valence-electron chi connectivity index (χ0n) is 13.6. The topological polar surface area (TPSA) is 42.3 Å². The summed E-state index contributed by atoms with van der Waals surface area (Å²) in [5, 5.41) is 12.9. The van der Waals surface area contributed by atoms with Gasteiger partial charge in [-0.1, -0.05) is 19.9 Å². The number of nitrogens with one attached hydrogen (secondary N) is 1. The van der Waals surface area contributed by atoms with Crippen LogP contribution in [0.5, 0.6) is 0 Å². The second kappa shape index (κ2) is 6.93. The molecule has 1 unspecified atom stereocenters. The minimum atomic E-state index is 0.440. The van der Waals surface area contributed by atoms with E-state index in [-0.39, 0.29) is 0 Å². The van der Waals surface area contributed by atoms with Gasteiger partial charge < -0.3 is 15.1 Å². The molecule has 0 bridgehead atoms. The molecule has 1 aromatic carbocycles. The van der Waals surface area contributed by atoms with Gasteiger partial charge in [0.05, 0.1) is 11.3 Å². The van der Waals surface area contributed by atoms with E-state index in [1.165, 1.54) is 5.56 Å². The van der Waals surface area contributed by atoms with Crippen LogP contribution in [-0.4, -0.2) is 43.7 Å². The van der Waals surface area contributed by atoms with Crippen molar-refractivity contribution < 1.29 is 0 Å². The van der Waals surface area contributed by atoms with Crippen LogP contribution in [-0.2, 0) is 6.54 Å². The maximum atomic E-state index is 9.48. The Morgan fingerprint density at radius 3 is 2.76 bits per heavy atom. The predicted octanol–water partition coefficient (Wildman–Crippen LogP) is 2.20. The molecule has 0 saturated carbocycles. The second-order valence-corrected chi connectivity index (χ2v) is 6.30. The van der Waals surface area contributed by atoms with E-state index in [4.69, 9.17) is 0 Å². The lowest BCUT2D eigenvalue weighted by molar-refractivity contribution is 0.275. The van der Waals surface area contributed by atoms with Gasteiger partial charge in [-0.2, -0.15) is 5.26 Å². The molecule has 2 rings (SSSR count). The lowest BCUT2D eigenvalue weighted by atomic mass is 10.1.